The lowest BCUT2D eigenvalue weighted by atomic mass is 10.3. The molecule has 6 heteroatoms. The van der Waals surface area contributed by atoms with Crippen molar-refractivity contribution in [2.75, 3.05) is 19.7 Å². The van der Waals surface area contributed by atoms with Crippen molar-refractivity contribution in [1.29, 1.82) is 0 Å². The lowest BCUT2D eigenvalue weighted by Gasteiger charge is -2.04. The van der Waals surface area contributed by atoms with E-state index in [1.54, 1.807) is 16.8 Å². The van der Waals surface area contributed by atoms with Gasteiger partial charge in [-0.15, -0.1) is 0 Å². The Labute approximate surface area is 91.1 Å². The lowest BCUT2D eigenvalue weighted by molar-refractivity contribution is -0.120. The van der Waals surface area contributed by atoms with Gasteiger partial charge in [-0.05, 0) is 11.4 Å². The summed E-state index contributed by atoms with van der Waals surface area (Å²) >= 11 is 1.42. The Hall–Kier alpha value is -1.40. The van der Waals surface area contributed by atoms with E-state index in [1.165, 1.54) is 11.3 Å². The second-order valence-corrected chi connectivity index (χ2v) is 3.55. The monoisotopic (exact) mass is 228 g/mol. The number of hydrogen-bond acceptors (Lipinski definition) is 4. The van der Waals surface area contributed by atoms with Gasteiger partial charge in [-0.3, -0.25) is 9.59 Å². The Morgan fingerprint density at radius 3 is 2.80 bits per heavy atom. The predicted octanol–water partition coefficient (Wildman–Crippen LogP) is -0.414. The number of aliphatic hydroxyl groups is 1. The molecule has 0 spiro atoms. The second kappa shape index (κ2) is 6.15. The van der Waals surface area contributed by atoms with Crippen LogP contribution in [0.2, 0.25) is 0 Å². The van der Waals surface area contributed by atoms with Gasteiger partial charge in [0.1, 0.15) is 0 Å². The van der Waals surface area contributed by atoms with Crippen LogP contribution in [0.4, 0.5) is 0 Å². The van der Waals surface area contributed by atoms with E-state index in [-0.39, 0.29) is 31.5 Å². The minimum atomic E-state index is -0.312. The summed E-state index contributed by atoms with van der Waals surface area (Å²) in [7, 11) is 0. The first kappa shape index (κ1) is 11.7. The Kier molecular flexibility index (Phi) is 4.79. The second-order valence-electron chi connectivity index (χ2n) is 2.77. The average Bonchev–Trinajstić information content (AvgIpc) is 2.76. The number of carbonyl (C=O) groups excluding carboxylic acids is 2. The van der Waals surface area contributed by atoms with Crippen LogP contribution in [-0.4, -0.2) is 36.6 Å². The van der Waals surface area contributed by atoms with Crippen LogP contribution >= 0.6 is 11.3 Å². The molecule has 0 fully saturated rings. The van der Waals surface area contributed by atoms with Gasteiger partial charge in [-0.25, -0.2) is 0 Å². The van der Waals surface area contributed by atoms with Crippen LogP contribution in [0.1, 0.15) is 10.4 Å². The normalized spacial score (nSPS) is 9.67. The highest BCUT2D eigenvalue weighted by molar-refractivity contribution is 7.08. The van der Waals surface area contributed by atoms with Crippen molar-refractivity contribution in [1.82, 2.24) is 10.6 Å². The van der Waals surface area contributed by atoms with Crippen molar-refractivity contribution in [3.05, 3.63) is 22.4 Å². The Bertz CT molecular complexity index is 324. The molecule has 0 bridgehead atoms. The summed E-state index contributed by atoms with van der Waals surface area (Å²) in [5, 5.41) is 16.8. The van der Waals surface area contributed by atoms with E-state index >= 15 is 0 Å². The van der Waals surface area contributed by atoms with Gasteiger partial charge in [0.05, 0.1) is 13.2 Å². The molecule has 5 nitrogen and oxygen atoms in total. The Balaban J connectivity index is 2.25. The van der Waals surface area contributed by atoms with Crippen molar-refractivity contribution in [2.45, 2.75) is 0 Å². The molecule has 1 aromatic heterocycles. The summed E-state index contributed by atoms with van der Waals surface area (Å²) in [4.78, 5) is 22.4. The molecule has 0 aliphatic heterocycles. The number of nitrogens with one attached hydrogen (secondary N) is 2. The number of hydrogen-bond donors (Lipinski definition) is 3. The van der Waals surface area contributed by atoms with Crippen LogP contribution in [0.25, 0.3) is 0 Å². The highest BCUT2D eigenvalue weighted by Gasteiger charge is 2.07. The van der Waals surface area contributed by atoms with Crippen LogP contribution in [0.5, 0.6) is 0 Å². The molecule has 1 heterocycles. The first-order chi connectivity index (χ1) is 7.24. The zero-order valence-corrected chi connectivity index (χ0v) is 8.84. The molecule has 0 atom stereocenters. The van der Waals surface area contributed by atoms with E-state index in [0.717, 1.165) is 0 Å². The molecular weight excluding hydrogens is 216 g/mol. The van der Waals surface area contributed by atoms with Gasteiger partial charge < -0.3 is 15.7 Å². The molecular formula is C9H12N2O3S. The summed E-state index contributed by atoms with van der Waals surface area (Å²) in [6.45, 7) is 0.0199. The summed E-state index contributed by atoms with van der Waals surface area (Å²) in [5.74, 6) is -0.581. The van der Waals surface area contributed by atoms with E-state index in [0.29, 0.717) is 5.56 Å². The van der Waals surface area contributed by atoms with E-state index in [9.17, 15) is 9.59 Å². The van der Waals surface area contributed by atoms with E-state index in [1.807, 2.05) is 0 Å². The van der Waals surface area contributed by atoms with Crippen LogP contribution in [-0.2, 0) is 4.79 Å². The first-order valence-electron chi connectivity index (χ1n) is 4.42. The lowest BCUT2D eigenvalue weighted by Crippen LogP contribution is -2.37. The van der Waals surface area contributed by atoms with Crippen molar-refractivity contribution in [2.24, 2.45) is 0 Å². The highest BCUT2D eigenvalue weighted by Crippen LogP contribution is 2.04. The molecule has 0 aromatic carbocycles. The van der Waals surface area contributed by atoms with Gasteiger partial charge in [0.15, 0.2) is 0 Å². The van der Waals surface area contributed by atoms with Crippen molar-refractivity contribution in [3.8, 4) is 0 Å². The van der Waals surface area contributed by atoms with Gasteiger partial charge in [-0.2, -0.15) is 11.3 Å². The minimum Gasteiger partial charge on any atom is -0.395 e. The zero-order valence-electron chi connectivity index (χ0n) is 8.03. The number of amides is 2. The average molecular weight is 228 g/mol. The van der Waals surface area contributed by atoms with Crippen LogP contribution in [0.3, 0.4) is 0 Å². The molecule has 0 radical (unpaired) electrons. The largest absolute Gasteiger partial charge is 0.395 e. The number of aliphatic hydroxyl groups excluding tert-OH is 1. The van der Waals surface area contributed by atoms with Crippen LogP contribution < -0.4 is 10.6 Å². The van der Waals surface area contributed by atoms with E-state index < -0.39 is 0 Å². The maximum absolute atomic E-state index is 11.4. The summed E-state index contributed by atoms with van der Waals surface area (Å²) in [5.41, 5.74) is 0.551. The molecule has 82 valence electrons. The van der Waals surface area contributed by atoms with Gasteiger partial charge in [0.2, 0.25) is 5.91 Å². The third-order valence-electron chi connectivity index (χ3n) is 1.63. The molecule has 0 unspecified atom stereocenters. The predicted molar refractivity (Wildman–Crippen MR) is 56.7 cm³/mol. The molecule has 1 aromatic rings. The van der Waals surface area contributed by atoms with Crippen LogP contribution in [0, 0.1) is 0 Å². The Morgan fingerprint density at radius 2 is 2.20 bits per heavy atom. The van der Waals surface area contributed by atoms with Gasteiger partial charge in [-0.1, -0.05) is 0 Å². The van der Waals surface area contributed by atoms with E-state index in [4.69, 9.17) is 5.11 Å². The fourth-order valence-corrected chi connectivity index (χ4v) is 1.55. The standard InChI is InChI=1S/C9H12N2O3S/c12-3-2-10-8(13)5-11-9(14)7-1-4-15-6-7/h1,4,6,12H,2-3,5H2,(H,10,13)(H,11,14). The fraction of sp³-hybridized carbons (Fsp3) is 0.333. The molecule has 3 N–H and O–H groups in total. The molecule has 0 aliphatic carbocycles. The Morgan fingerprint density at radius 1 is 1.40 bits per heavy atom. The number of thiophene rings is 1. The van der Waals surface area contributed by atoms with E-state index in [2.05, 4.69) is 10.6 Å². The summed E-state index contributed by atoms with van der Waals surface area (Å²) in [6.07, 6.45) is 0. The molecule has 1 rings (SSSR count). The zero-order chi connectivity index (χ0) is 11.1. The minimum absolute atomic E-state index is 0.0747. The molecule has 15 heavy (non-hydrogen) atoms. The molecule has 0 saturated heterocycles. The SMILES string of the molecule is O=C(CNC(=O)c1ccsc1)NCCO. The van der Waals surface area contributed by atoms with Gasteiger partial charge in [0.25, 0.3) is 5.91 Å². The summed E-state index contributed by atoms with van der Waals surface area (Å²) in [6, 6.07) is 1.69. The first-order valence-corrected chi connectivity index (χ1v) is 5.36. The smallest absolute Gasteiger partial charge is 0.252 e. The van der Waals surface area contributed by atoms with Crippen molar-refractivity contribution >= 4 is 23.2 Å². The number of carbonyl (C=O) groups is 2. The highest BCUT2D eigenvalue weighted by atomic mass is 32.1. The van der Waals surface area contributed by atoms with Gasteiger partial charge in [0, 0.05) is 17.5 Å². The summed E-state index contributed by atoms with van der Waals surface area (Å²) < 4.78 is 0. The van der Waals surface area contributed by atoms with Crippen molar-refractivity contribution in [3.63, 3.8) is 0 Å². The van der Waals surface area contributed by atoms with Gasteiger partial charge >= 0.3 is 0 Å². The molecule has 2 amide bonds. The fourth-order valence-electron chi connectivity index (χ4n) is 0.914. The third-order valence-corrected chi connectivity index (χ3v) is 2.31. The maximum Gasteiger partial charge on any atom is 0.252 e. The quantitative estimate of drug-likeness (QED) is 0.641. The maximum atomic E-state index is 11.4. The molecule has 0 saturated carbocycles. The molecule has 0 aliphatic rings. The van der Waals surface area contributed by atoms with Crippen LogP contribution in [0.15, 0.2) is 16.8 Å². The number of rotatable bonds is 5. The third kappa shape index (κ3) is 4.09. The van der Waals surface area contributed by atoms with Crippen molar-refractivity contribution < 1.29 is 14.7 Å². The topological polar surface area (TPSA) is 78.4 Å².